The fourth-order valence-corrected chi connectivity index (χ4v) is 2.29. The Morgan fingerprint density at radius 1 is 0.962 bits per heavy atom. The molecule has 2 rings (SSSR count). The normalized spacial score (nSPS) is 11.3. The molecule has 0 saturated carbocycles. The Balaban J connectivity index is 1.77. The maximum atomic E-state index is 12.3. The minimum atomic E-state index is -0.567. The molecule has 6 nitrogen and oxygen atoms in total. The molecule has 1 N–H and O–H groups in total. The molecular formula is C20H25NO5. The monoisotopic (exact) mass is 359 g/mol. The van der Waals surface area contributed by atoms with Gasteiger partial charge in [-0.25, -0.2) is 0 Å². The standard InChI is InChI=1S/C20H25NO5/c1-4-19(26-18-7-5-6-17(14-18)24-3)20(22)21-12-13-25-16-10-8-15(23-2)9-11-16/h5-11,14,19H,4,12-13H2,1-3H3,(H,21,22)/t19-/m1/s1. The minimum Gasteiger partial charge on any atom is -0.497 e. The maximum absolute atomic E-state index is 12.3. The predicted octanol–water partition coefficient (Wildman–Crippen LogP) is 3.06. The zero-order chi connectivity index (χ0) is 18.8. The Kier molecular flexibility index (Phi) is 7.61. The number of ether oxygens (including phenoxy) is 4. The number of carbonyl (C=O) groups excluding carboxylic acids is 1. The zero-order valence-electron chi connectivity index (χ0n) is 15.4. The molecule has 0 aliphatic rings. The summed E-state index contributed by atoms with van der Waals surface area (Å²) >= 11 is 0. The molecule has 0 bridgehead atoms. The van der Waals surface area contributed by atoms with E-state index in [0.717, 1.165) is 11.5 Å². The van der Waals surface area contributed by atoms with Gasteiger partial charge in [-0.1, -0.05) is 13.0 Å². The molecule has 1 amide bonds. The summed E-state index contributed by atoms with van der Waals surface area (Å²) in [5.41, 5.74) is 0. The molecule has 0 heterocycles. The van der Waals surface area contributed by atoms with Crippen molar-refractivity contribution in [2.24, 2.45) is 0 Å². The smallest absolute Gasteiger partial charge is 0.261 e. The van der Waals surface area contributed by atoms with Crippen LogP contribution in [0.15, 0.2) is 48.5 Å². The van der Waals surface area contributed by atoms with Crippen molar-refractivity contribution in [3.05, 3.63) is 48.5 Å². The van der Waals surface area contributed by atoms with E-state index in [0.29, 0.717) is 31.1 Å². The van der Waals surface area contributed by atoms with E-state index in [9.17, 15) is 4.79 Å². The first kappa shape index (κ1) is 19.4. The van der Waals surface area contributed by atoms with Crippen LogP contribution < -0.4 is 24.3 Å². The van der Waals surface area contributed by atoms with Crippen LogP contribution in [0.25, 0.3) is 0 Å². The highest BCUT2D eigenvalue weighted by Crippen LogP contribution is 2.20. The molecule has 6 heteroatoms. The molecule has 0 fully saturated rings. The number of rotatable bonds is 10. The molecule has 0 aliphatic heterocycles. The van der Waals surface area contributed by atoms with Gasteiger partial charge in [0.05, 0.1) is 20.8 Å². The van der Waals surface area contributed by atoms with E-state index in [1.165, 1.54) is 0 Å². The van der Waals surface area contributed by atoms with Gasteiger partial charge in [0.15, 0.2) is 6.10 Å². The van der Waals surface area contributed by atoms with Crippen LogP contribution in [-0.2, 0) is 4.79 Å². The van der Waals surface area contributed by atoms with Gasteiger partial charge in [-0.15, -0.1) is 0 Å². The Bertz CT molecular complexity index is 687. The number of amides is 1. The SMILES string of the molecule is CC[C@@H](Oc1cccc(OC)c1)C(=O)NCCOc1ccc(OC)cc1. The lowest BCUT2D eigenvalue weighted by Gasteiger charge is -2.17. The Morgan fingerprint density at radius 2 is 1.62 bits per heavy atom. The minimum absolute atomic E-state index is 0.173. The lowest BCUT2D eigenvalue weighted by Crippen LogP contribution is -2.39. The van der Waals surface area contributed by atoms with Crippen LogP contribution in [0.2, 0.25) is 0 Å². The van der Waals surface area contributed by atoms with Crippen molar-refractivity contribution in [3.8, 4) is 23.0 Å². The molecule has 2 aromatic rings. The molecule has 0 radical (unpaired) electrons. The number of nitrogens with one attached hydrogen (secondary N) is 1. The maximum Gasteiger partial charge on any atom is 0.261 e. The lowest BCUT2D eigenvalue weighted by atomic mass is 10.2. The van der Waals surface area contributed by atoms with Gasteiger partial charge in [0.2, 0.25) is 0 Å². The van der Waals surface area contributed by atoms with Gasteiger partial charge in [-0.3, -0.25) is 4.79 Å². The molecule has 26 heavy (non-hydrogen) atoms. The van der Waals surface area contributed by atoms with Crippen LogP contribution in [0, 0.1) is 0 Å². The first-order valence-corrected chi connectivity index (χ1v) is 8.51. The van der Waals surface area contributed by atoms with Crippen LogP contribution in [0.4, 0.5) is 0 Å². The number of benzene rings is 2. The molecular weight excluding hydrogens is 334 g/mol. The van der Waals surface area contributed by atoms with Gasteiger partial charge in [0.1, 0.15) is 29.6 Å². The third-order valence-electron chi connectivity index (χ3n) is 3.71. The molecule has 2 aromatic carbocycles. The fraction of sp³-hybridized carbons (Fsp3) is 0.350. The van der Waals surface area contributed by atoms with Gasteiger partial charge in [-0.2, -0.15) is 0 Å². The summed E-state index contributed by atoms with van der Waals surface area (Å²) in [4.78, 5) is 12.3. The van der Waals surface area contributed by atoms with E-state index < -0.39 is 6.10 Å². The Morgan fingerprint density at radius 3 is 2.27 bits per heavy atom. The third kappa shape index (κ3) is 5.88. The summed E-state index contributed by atoms with van der Waals surface area (Å²) in [5.74, 6) is 2.60. The lowest BCUT2D eigenvalue weighted by molar-refractivity contribution is -0.128. The average molecular weight is 359 g/mol. The van der Waals surface area contributed by atoms with Gasteiger partial charge >= 0.3 is 0 Å². The van der Waals surface area contributed by atoms with Crippen LogP contribution in [0.1, 0.15) is 13.3 Å². The van der Waals surface area contributed by atoms with E-state index in [2.05, 4.69) is 5.32 Å². The summed E-state index contributed by atoms with van der Waals surface area (Å²) < 4.78 is 21.6. The summed E-state index contributed by atoms with van der Waals surface area (Å²) in [6, 6.07) is 14.5. The Labute approximate surface area is 154 Å². The van der Waals surface area contributed by atoms with E-state index >= 15 is 0 Å². The quantitative estimate of drug-likeness (QED) is 0.661. The van der Waals surface area contributed by atoms with E-state index in [4.69, 9.17) is 18.9 Å². The van der Waals surface area contributed by atoms with E-state index in [1.807, 2.05) is 43.3 Å². The number of hydrogen-bond acceptors (Lipinski definition) is 5. The molecule has 140 valence electrons. The first-order valence-electron chi connectivity index (χ1n) is 8.51. The fourth-order valence-electron chi connectivity index (χ4n) is 2.29. The van der Waals surface area contributed by atoms with Crippen LogP contribution >= 0.6 is 0 Å². The van der Waals surface area contributed by atoms with Crippen molar-refractivity contribution in [3.63, 3.8) is 0 Å². The largest absolute Gasteiger partial charge is 0.497 e. The number of methoxy groups -OCH3 is 2. The van der Waals surface area contributed by atoms with Gasteiger partial charge in [0.25, 0.3) is 5.91 Å². The van der Waals surface area contributed by atoms with Crippen LogP contribution in [0.3, 0.4) is 0 Å². The number of hydrogen-bond donors (Lipinski definition) is 1. The zero-order valence-corrected chi connectivity index (χ0v) is 15.4. The number of carbonyl (C=O) groups is 1. The van der Waals surface area contributed by atoms with Gasteiger partial charge < -0.3 is 24.3 Å². The topological polar surface area (TPSA) is 66.0 Å². The second-order valence-corrected chi connectivity index (χ2v) is 5.51. The molecule has 0 aliphatic carbocycles. The van der Waals surface area contributed by atoms with Crippen LogP contribution in [-0.4, -0.2) is 39.4 Å². The summed E-state index contributed by atoms with van der Waals surface area (Å²) in [5, 5.41) is 2.83. The summed E-state index contributed by atoms with van der Waals surface area (Å²) in [6.45, 7) is 2.66. The highest BCUT2D eigenvalue weighted by Gasteiger charge is 2.18. The van der Waals surface area contributed by atoms with Crippen molar-refractivity contribution >= 4 is 5.91 Å². The highest BCUT2D eigenvalue weighted by atomic mass is 16.5. The van der Waals surface area contributed by atoms with Crippen molar-refractivity contribution in [1.29, 1.82) is 0 Å². The van der Waals surface area contributed by atoms with Gasteiger partial charge in [-0.05, 0) is 42.8 Å². The van der Waals surface area contributed by atoms with Crippen molar-refractivity contribution < 1.29 is 23.7 Å². The summed E-state index contributed by atoms with van der Waals surface area (Å²) in [6.07, 6.45) is -0.00866. The highest BCUT2D eigenvalue weighted by molar-refractivity contribution is 5.81. The van der Waals surface area contributed by atoms with Crippen LogP contribution in [0.5, 0.6) is 23.0 Å². The summed E-state index contributed by atoms with van der Waals surface area (Å²) in [7, 11) is 3.20. The van der Waals surface area contributed by atoms with Crippen molar-refractivity contribution in [2.75, 3.05) is 27.4 Å². The van der Waals surface area contributed by atoms with Crippen molar-refractivity contribution in [2.45, 2.75) is 19.4 Å². The second kappa shape index (κ2) is 10.2. The first-order chi connectivity index (χ1) is 12.7. The average Bonchev–Trinajstić information content (AvgIpc) is 2.69. The second-order valence-electron chi connectivity index (χ2n) is 5.51. The third-order valence-corrected chi connectivity index (χ3v) is 3.71. The predicted molar refractivity (Wildman–Crippen MR) is 99.2 cm³/mol. The van der Waals surface area contributed by atoms with E-state index in [-0.39, 0.29) is 5.91 Å². The molecule has 1 atom stereocenters. The van der Waals surface area contributed by atoms with E-state index in [1.54, 1.807) is 26.4 Å². The Hall–Kier alpha value is -2.89. The van der Waals surface area contributed by atoms with Gasteiger partial charge in [0, 0.05) is 6.07 Å². The molecule has 0 saturated heterocycles. The molecule has 0 unspecified atom stereocenters. The van der Waals surface area contributed by atoms with Crippen molar-refractivity contribution in [1.82, 2.24) is 5.32 Å². The molecule has 0 aromatic heterocycles. The molecule has 0 spiro atoms.